The van der Waals surface area contributed by atoms with Crippen LogP contribution in [-0.4, -0.2) is 23.6 Å². The molecule has 1 amide bonds. The van der Waals surface area contributed by atoms with Crippen LogP contribution in [0.1, 0.15) is 5.56 Å². The van der Waals surface area contributed by atoms with Gasteiger partial charge in [-0.25, -0.2) is 0 Å². The average molecular weight is 271 g/mol. The molecule has 1 aromatic rings. The Bertz CT molecular complexity index is 433. The van der Waals surface area contributed by atoms with Gasteiger partial charge in [0.1, 0.15) is 0 Å². The van der Waals surface area contributed by atoms with E-state index in [-0.39, 0.29) is 6.54 Å². The fourth-order valence-corrected chi connectivity index (χ4v) is 2.17. The van der Waals surface area contributed by atoms with Crippen LogP contribution in [0.4, 0.5) is 0 Å². The lowest BCUT2D eigenvalue weighted by Gasteiger charge is -2.35. The maximum Gasteiger partial charge on any atom is 0.223 e. The van der Waals surface area contributed by atoms with Crippen LogP contribution >= 0.6 is 7.60 Å². The van der Waals surface area contributed by atoms with Gasteiger partial charge in [-0.15, -0.1) is 0 Å². The number of hydrogen-bond acceptors (Lipinski definition) is 6. The molecule has 0 saturated carbocycles. The molecule has 8 heteroatoms. The summed E-state index contributed by atoms with van der Waals surface area (Å²) in [7, 11) is -4.78. The van der Waals surface area contributed by atoms with Crippen LogP contribution in [-0.2, 0) is 15.9 Å². The van der Waals surface area contributed by atoms with Crippen molar-refractivity contribution in [2.75, 3.05) is 12.8 Å². The molecule has 100 valence electrons. The lowest BCUT2D eigenvalue weighted by molar-refractivity contribution is -0.315. The highest BCUT2D eigenvalue weighted by molar-refractivity contribution is 7.48. The Labute approximate surface area is 104 Å². The number of nitrogens with zero attached hydrogens (tertiary/aromatic N) is 1. The van der Waals surface area contributed by atoms with Gasteiger partial charge in [0.2, 0.25) is 5.91 Å². The molecule has 0 aromatic heterocycles. The Hall–Kier alpha value is -1.24. The van der Waals surface area contributed by atoms with Gasteiger partial charge in [-0.05, 0) is 5.56 Å². The van der Waals surface area contributed by atoms with E-state index in [1.54, 1.807) is 30.3 Å². The third kappa shape index (κ3) is 5.90. The van der Waals surface area contributed by atoms with Gasteiger partial charge in [0.05, 0.1) is 6.54 Å². The van der Waals surface area contributed by atoms with Gasteiger partial charge >= 0.3 is 0 Å². The van der Waals surface area contributed by atoms with Gasteiger partial charge in [0.15, 0.2) is 0 Å². The third-order valence-electron chi connectivity index (χ3n) is 2.10. The molecule has 0 bridgehead atoms. The van der Waals surface area contributed by atoms with Crippen LogP contribution in [0.2, 0.25) is 0 Å². The van der Waals surface area contributed by atoms with Crippen LogP contribution < -0.4 is 15.3 Å². The molecule has 0 fully saturated rings. The lowest BCUT2D eigenvalue weighted by atomic mass is 10.2. The van der Waals surface area contributed by atoms with Crippen molar-refractivity contribution >= 4 is 13.5 Å². The smallest absolute Gasteiger partial charge is 0.223 e. The summed E-state index contributed by atoms with van der Waals surface area (Å²) in [6.07, 6.45) is -0.796. The molecule has 0 aliphatic rings. The zero-order valence-electron chi connectivity index (χ0n) is 9.44. The third-order valence-corrected chi connectivity index (χ3v) is 2.85. The molecule has 0 aliphatic carbocycles. The van der Waals surface area contributed by atoms with E-state index in [0.717, 1.165) is 15.9 Å². The SMILES string of the molecule is O=C(CN(Cc1ccccc1)CP(=O)([O-])[O-])N[O-]. The van der Waals surface area contributed by atoms with E-state index in [4.69, 9.17) is 0 Å². The second kappa shape index (κ2) is 6.63. The summed E-state index contributed by atoms with van der Waals surface area (Å²) in [4.78, 5) is 33.5. The molecule has 1 aromatic carbocycles. The fourth-order valence-electron chi connectivity index (χ4n) is 1.48. The molecule has 18 heavy (non-hydrogen) atoms. The summed E-state index contributed by atoms with van der Waals surface area (Å²) in [5.41, 5.74) is 1.88. The molecule has 0 unspecified atom stereocenters. The number of carbonyl (C=O) groups is 1. The van der Waals surface area contributed by atoms with E-state index < -0.39 is 26.3 Å². The standard InChI is InChI=1S/C10H14N2O5P/c13-10(11-14)7-12(8-18(15,16)17)6-9-4-2-1-3-5-9/h1-5H,6-8H2,(H3-,11,13,14,15,16,17)/q-1/p-2. The minimum Gasteiger partial charge on any atom is -0.810 e. The first-order valence-corrected chi connectivity index (χ1v) is 6.82. The van der Waals surface area contributed by atoms with Crippen LogP contribution in [0.5, 0.6) is 0 Å². The normalized spacial score (nSPS) is 11.6. The molecular weight excluding hydrogens is 259 g/mol. The molecule has 0 spiro atoms. The minimum absolute atomic E-state index is 0.0999. The maximum atomic E-state index is 10.9. The van der Waals surface area contributed by atoms with E-state index in [1.165, 1.54) is 0 Å². The van der Waals surface area contributed by atoms with Crippen molar-refractivity contribution in [2.24, 2.45) is 0 Å². The molecule has 0 radical (unpaired) electrons. The van der Waals surface area contributed by atoms with Crippen molar-refractivity contribution in [2.45, 2.75) is 6.54 Å². The monoisotopic (exact) mass is 271 g/mol. The van der Waals surface area contributed by atoms with Crippen molar-refractivity contribution in [1.29, 1.82) is 0 Å². The highest BCUT2D eigenvalue weighted by Gasteiger charge is 2.10. The zero-order valence-corrected chi connectivity index (χ0v) is 10.3. The quantitative estimate of drug-likeness (QED) is 0.522. The number of hydrogen-bond donors (Lipinski definition) is 1. The van der Waals surface area contributed by atoms with Crippen molar-refractivity contribution < 1.29 is 19.1 Å². The Kier molecular flexibility index (Phi) is 5.46. The summed E-state index contributed by atoms with van der Waals surface area (Å²) >= 11 is 0. The van der Waals surface area contributed by atoms with Gasteiger partial charge in [0, 0.05) is 12.8 Å². The highest BCUT2D eigenvalue weighted by Crippen LogP contribution is 2.25. The second-order valence-corrected chi connectivity index (χ2v) is 5.25. The molecule has 0 aliphatic heterocycles. The Morgan fingerprint density at radius 1 is 1.28 bits per heavy atom. The number of nitrogens with one attached hydrogen (secondary N) is 1. The molecule has 0 saturated heterocycles. The van der Waals surface area contributed by atoms with E-state index in [1.807, 2.05) is 0 Å². The lowest BCUT2D eigenvalue weighted by Crippen LogP contribution is -2.38. The van der Waals surface area contributed by atoms with Crippen molar-refractivity contribution in [3.8, 4) is 0 Å². The summed E-state index contributed by atoms with van der Waals surface area (Å²) in [6.45, 7) is -0.338. The van der Waals surface area contributed by atoms with Gasteiger partial charge in [0.25, 0.3) is 0 Å². The molecule has 0 heterocycles. The fraction of sp³-hybridized carbons (Fsp3) is 0.300. The highest BCUT2D eigenvalue weighted by atomic mass is 31.2. The van der Waals surface area contributed by atoms with E-state index >= 15 is 0 Å². The molecule has 7 nitrogen and oxygen atoms in total. The molecule has 0 atom stereocenters. The zero-order chi connectivity index (χ0) is 13.6. The van der Waals surface area contributed by atoms with Gasteiger partial charge in [-0.1, -0.05) is 37.9 Å². The molecule has 1 N–H and O–H groups in total. The van der Waals surface area contributed by atoms with E-state index in [9.17, 15) is 24.4 Å². The predicted octanol–water partition coefficient (Wildman–Crippen LogP) is -1.03. The van der Waals surface area contributed by atoms with E-state index in [0.29, 0.717) is 0 Å². The van der Waals surface area contributed by atoms with Gasteiger partial charge in [-0.2, -0.15) is 0 Å². The Morgan fingerprint density at radius 3 is 2.39 bits per heavy atom. The average Bonchev–Trinajstić information content (AvgIpc) is 2.27. The Morgan fingerprint density at radius 2 is 1.89 bits per heavy atom. The van der Waals surface area contributed by atoms with Crippen LogP contribution in [0.25, 0.3) is 0 Å². The number of benzene rings is 1. The van der Waals surface area contributed by atoms with Crippen LogP contribution in [0.3, 0.4) is 0 Å². The predicted molar refractivity (Wildman–Crippen MR) is 60.8 cm³/mol. The first-order chi connectivity index (χ1) is 8.40. The van der Waals surface area contributed by atoms with Gasteiger partial charge in [-0.3, -0.25) is 9.69 Å². The van der Waals surface area contributed by atoms with Crippen LogP contribution in [0, 0.1) is 5.21 Å². The first kappa shape index (κ1) is 14.8. The minimum atomic E-state index is -4.78. The second-order valence-electron chi connectivity index (χ2n) is 3.75. The topological polar surface area (TPSA) is 119 Å². The number of hydroxylamine groups is 1. The molecule has 1 rings (SSSR count). The van der Waals surface area contributed by atoms with Crippen molar-refractivity contribution in [3.05, 3.63) is 41.1 Å². The number of carbonyl (C=O) groups excluding carboxylic acids is 1. The summed E-state index contributed by atoms with van der Waals surface area (Å²) < 4.78 is 10.7. The van der Waals surface area contributed by atoms with Crippen LogP contribution in [0.15, 0.2) is 30.3 Å². The first-order valence-electron chi connectivity index (χ1n) is 5.09. The van der Waals surface area contributed by atoms with Crippen molar-refractivity contribution in [3.63, 3.8) is 0 Å². The summed E-state index contributed by atoms with van der Waals surface area (Å²) in [5.74, 6) is -0.889. The number of rotatable bonds is 6. The maximum absolute atomic E-state index is 10.9. The van der Waals surface area contributed by atoms with Gasteiger partial charge < -0.3 is 25.0 Å². The Balaban J connectivity index is 2.71. The molecular formula is C10H12N2O5P-3. The largest absolute Gasteiger partial charge is 0.810 e. The number of amides is 1. The van der Waals surface area contributed by atoms with E-state index in [2.05, 4.69) is 0 Å². The summed E-state index contributed by atoms with van der Waals surface area (Å²) in [5, 5.41) is 10.1. The summed E-state index contributed by atoms with van der Waals surface area (Å²) in [6, 6.07) is 8.72. The van der Waals surface area contributed by atoms with Crippen molar-refractivity contribution in [1.82, 2.24) is 10.4 Å².